The molecule has 0 saturated heterocycles. The molecule has 0 aromatic carbocycles. The van der Waals surface area contributed by atoms with Gasteiger partial charge in [0.25, 0.3) is 0 Å². The van der Waals surface area contributed by atoms with Crippen molar-refractivity contribution < 1.29 is 28.6 Å². The van der Waals surface area contributed by atoms with Gasteiger partial charge in [0.05, 0.1) is 0 Å². The second kappa shape index (κ2) is 56.9. The van der Waals surface area contributed by atoms with E-state index in [0.29, 0.717) is 19.3 Å². The number of allylic oxidation sites excluding steroid dienone is 16. The van der Waals surface area contributed by atoms with Gasteiger partial charge in [0.1, 0.15) is 13.2 Å². The molecule has 0 spiro atoms. The molecule has 0 aliphatic rings. The van der Waals surface area contributed by atoms with Gasteiger partial charge >= 0.3 is 17.9 Å². The minimum atomic E-state index is -0.812. The third-order valence-corrected chi connectivity index (χ3v) is 12.0. The molecule has 0 bridgehead atoms. The van der Waals surface area contributed by atoms with Crippen LogP contribution in [0.15, 0.2) is 97.2 Å². The summed E-state index contributed by atoms with van der Waals surface area (Å²) in [6.07, 6.45) is 75.4. The minimum absolute atomic E-state index is 0.104. The van der Waals surface area contributed by atoms with Crippen LogP contribution in [0.2, 0.25) is 0 Å². The lowest BCUT2D eigenvalue weighted by atomic mass is 10.1. The number of rotatable bonds is 51. The van der Waals surface area contributed by atoms with Gasteiger partial charge in [0.15, 0.2) is 6.10 Å². The zero-order valence-corrected chi connectivity index (χ0v) is 45.0. The lowest BCUT2D eigenvalue weighted by Gasteiger charge is -2.18. The van der Waals surface area contributed by atoms with Gasteiger partial charge in [-0.3, -0.25) is 14.4 Å². The predicted octanol–water partition coefficient (Wildman–Crippen LogP) is 19.3. The first-order chi connectivity index (χ1) is 34.0. The normalized spacial score (nSPS) is 12.8. The largest absolute Gasteiger partial charge is 0.462 e. The number of carbonyl (C=O) groups is 3. The van der Waals surface area contributed by atoms with E-state index in [4.69, 9.17) is 14.2 Å². The summed E-state index contributed by atoms with van der Waals surface area (Å²) >= 11 is 0. The first-order valence-electron chi connectivity index (χ1n) is 28.7. The second-order valence-electron chi connectivity index (χ2n) is 18.8. The number of hydrogen-bond donors (Lipinski definition) is 0. The van der Waals surface area contributed by atoms with Crippen molar-refractivity contribution in [3.05, 3.63) is 97.2 Å². The average Bonchev–Trinajstić information content (AvgIpc) is 3.35. The Morgan fingerprint density at radius 1 is 0.304 bits per heavy atom. The van der Waals surface area contributed by atoms with Crippen LogP contribution in [-0.2, 0) is 28.6 Å². The number of unbranched alkanes of at least 4 members (excludes halogenated alkanes) is 24. The van der Waals surface area contributed by atoms with Gasteiger partial charge < -0.3 is 14.2 Å². The smallest absolute Gasteiger partial charge is 0.306 e. The van der Waals surface area contributed by atoms with E-state index in [0.717, 1.165) is 83.5 Å². The maximum Gasteiger partial charge on any atom is 0.306 e. The van der Waals surface area contributed by atoms with Gasteiger partial charge in [-0.15, -0.1) is 0 Å². The molecule has 0 fully saturated rings. The minimum Gasteiger partial charge on any atom is -0.462 e. The topological polar surface area (TPSA) is 78.9 Å². The summed E-state index contributed by atoms with van der Waals surface area (Å²) < 4.78 is 16.8. The second-order valence-corrected chi connectivity index (χ2v) is 18.8. The van der Waals surface area contributed by atoms with Crippen molar-refractivity contribution in [3.8, 4) is 0 Å². The summed E-state index contributed by atoms with van der Waals surface area (Å²) in [5.41, 5.74) is 0. The monoisotopic (exact) mass is 959 g/mol. The molecule has 0 aromatic heterocycles. The average molecular weight is 960 g/mol. The fraction of sp³-hybridized carbons (Fsp3) is 0.698. The van der Waals surface area contributed by atoms with Gasteiger partial charge in [-0.1, -0.05) is 227 Å². The predicted molar refractivity (Wildman–Crippen MR) is 297 cm³/mol. The molecule has 394 valence electrons. The summed E-state index contributed by atoms with van der Waals surface area (Å²) in [5.74, 6) is -0.968. The van der Waals surface area contributed by atoms with Crippen LogP contribution in [0.25, 0.3) is 0 Å². The Bertz CT molecular complexity index is 1380. The fourth-order valence-corrected chi connectivity index (χ4v) is 7.74. The van der Waals surface area contributed by atoms with Crippen molar-refractivity contribution in [1.82, 2.24) is 0 Å². The molecule has 0 amide bonds. The zero-order chi connectivity index (χ0) is 50.0. The molecule has 0 N–H and O–H groups in total. The lowest BCUT2D eigenvalue weighted by Crippen LogP contribution is -2.30. The first kappa shape index (κ1) is 65.3. The van der Waals surface area contributed by atoms with Crippen LogP contribution >= 0.6 is 0 Å². The molecular formula is C63H106O6. The van der Waals surface area contributed by atoms with Crippen LogP contribution in [0.4, 0.5) is 0 Å². The maximum atomic E-state index is 12.8. The molecule has 69 heavy (non-hydrogen) atoms. The molecule has 0 unspecified atom stereocenters. The molecule has 0 aliphatic carbocycles. The molecule has 0 rings (SSSR count). The number of ether oxygens (including phenoxy) is 3. The first-order valence-corrected chi connectivity index (χ1v) is 28.7. The van der Waals surface area contributed by atoms with Gasteiger partial charge in [-0.25, -0.2) is 0 Å². The summed E-state index contributed by atoms with van der Waals surface area (Å²) in [7, 11) is 0. The number of carbonyl (C=O) groups excluding carboxylic acids is 3. The van der Waals surface area contributed by atoms with E-state index in [2.05, 4.69) is 118 Å². The van der Waals surface area contributed by atoms with Crippen molar-refractivity contribution in [2.45, 2.75) is 271 Å². The fourth-order valence-electron chi connectivity index (χ4n) is 7.74. The Morgan fingerprint density at radius 3 is 0.971 bits per heavy atom. The SMILES string of the molecule is CC/C=C\C/C=C\C/C=C\C/C=C\C/C=C\CCCC(=O)O[C@@H](COC(=O)CCCCCCCCC/C=C\CCCCCC)COC(=O)CCCCCCCCCCC/C=C\C/C=C\CCCCC. The van der Waals surface area contributed by atoms with Crippen LogP contribution in [0.3, 0.4) is 0 Å². The van der Waals surface area contributed by atoms with E-state index in [1.807, 2.05) is 0 Å². The molecule has 6 nitrogen and oxygen atoms in total. The van der Waals surface area contributed by atoms with Crippen molar-refractivity contribution in [2.75, 3.05) is 13.2 Å². The van der Waals surface area contributed by atoms with Gasteiger partial charge in [-0.05, 0) is 116 Å². The zero-order valence-electron chi connectivity index (χ0n) is 45.0. The highest BCUT2D eigenvalue weighted by Gasteiger charge is 2.19. The van der Waals surface area contributed by atoms with E-state index >= 15 is 0 Å². The van der Waals surface area contributed by atoms with Gasteiger partial charge in [0.2, 0.25) is 0 Å². The van der Waals surface area contributed by atoms with E-state index in [1.165, 1.54) is 135 Å². The molecule has 0 heterocycles. The van der Waals surface area contributed by atoms with Crippen LogP contribution in [0.5, 0.6) is 0 Å². The summed E-state index contributed by atoms with van der Waals surface area (Å²) in [4.78, 5) is 38.1. The summed E-state index contributed by atoms with van der Waals surface area (Å²) in [6, 6.07) is 0. The highest BCUT2D eigenvalue weighted by Crippen LogP contribution is 2.14. The standard InChI is InChI=1S/C63H106O6/c1-4-7-10-13-16-19-22-25-28-30-31-33-35-38-41-44-47-50-53-56-62(65)68-59-60(58-67-61(64)55-52-49-46-43-40-37-34-27-24-21-18-15-12-9-6-3)69-63(66)57-54-51-48-45-42-39-36-32-29-26-23-20-17-14-11-8-5-2/h8,11,16-17,19-21,24-26,28-29,36,39,45,48,60H,4-7,9-10,12-15,18,22-23,27,30-35,37-38,40-44,46-47,49-59H2,1-3H3/b11-8-,19-16-,20-17-,24-21-,28-25-,29-26-,39-36-,48-45-/t60-/m0/s1. The molecular weight excluding hydrogens is 853 g/mol. The molecule has 0 radical (unpaired) electrons. The Labute approximate surface area is 426 Å². The lowest BCUT2D eigenvalue weighted by molar-refractivity contribution is -0.167. The molecule has 0 saturated carbocycles. The van der Waals surface area contributed by atoms with Crippen LogP contribution < -0.4 is 0 Å². The van der Waals surface area contributed by atoms with E-state index in [9.17, 15) is 14.4 Å². The summed E-state index contributed by atoms with van der Waals surface area (Å²) in [6.45, 7) is 6.44. The highest BCUT2D eigenvalue weighted by molar-refractivity contribution is 5.71. The van der Waals surface area contributed by atoms with Crippen molar-refractivity contribution >= 4 is 17.9 Å². The molecule has 0 aliphatic heterocycles. The number of esters is 3. The van der Waals surface area contributed by atoms with E-state index in [-0.39, 0.29) is 37.5 Å². The molecule has 0 aromatic rings. The van der Waals surface area contributed by atoms with Crippen molar-refractivity contribution in [3.63, 3.8) is 0 Å². The van der Waals surface area contributed by atoms with Crippen molar-refractivity contribution in [1.29, 1.82) is 0 Å². The van der Waals surface area contributed by atoms with Gasteiger partial charge in [-0.2, -0.15) is 0 Å². The van der Waals surface area contributed by atoms with Crippen LogP contribution in [0.1, 0.15) is 265 Å². The van der Waals surface area contributed by atoms with Crippen LogP contribution in [-0.4, -0.2) is 37.2 Å². The number of hydrogen-bond acceptors (Lipinski definition) is 6. The van der Waals surface area contributed by atoms with E-state index in [1.54, 1.807) is 0 Å². The van der Waals surface area contributed by atoms with Gasteiger partial charge in [0, 0.05) is 19.3 Å². The quantitative estimate of drug-likeness (QED) is 0.0262. The highest BCUT2D eigenvalue weighted by atomic mass is 16.6. The Morgan fingerprint density at radius 2 is 0.580 bits per heavy atom. The Hall–Kier alpha value is -3.67. The Kier molecular flexibility index (Phi) is 53.9. The van der Waals surface area contributed by atoms with Crippen molar-refractivity contribution in [2.24, 2.45) is 0 Å². The maximum absolute atomic E-state index is 12.8. The molecule has 6 heteroatoms. The van der Waals surface area contributed by atoms with E-state index < -0.39 is 6.10 Å². The third-order valence-electron chi connectivity index (χ3n) is 12.0. The molecule has 1 atom stereocenters. The Balaban J connectivity index is 4.47. The summed E-state index contributed by atoms with van der Waals surface area (Å²) in [5, 5.41) is 0. The van der Waals surface area contributed by atoms with Crippen LogP contribution in [0, 0.1) is 0 Å². The third kappa shape index (κ3) is 55.1.